The molecule has 0 saturated carbocycles. The van der Waals surface area contributed by atoms with Gasteiger partial charge in [0.1, 0.15) is 11.9 Å². The number of hydrazine groups is 1. The molecule has 2 aromatic carbocycles. The van der Waals surface area contributed by atoms with E-state index in [1.54, 1.807) is 0 Å². The second kappa shape index (κ2) is 8.78. The first-order valence-electron chi connectivity index (χ1n) is 8.87. The molecule has 1 fully saturated rings. The average Bonchev–Trinajstić information content (AvgIpc) is 3.04. The lowest BCUT2D eigenvalue weighted by molar-refractivity contribution is -0.121. The summed E-state index contributed by atoms with van der Waals surface area (Å²) >= 11 is 0. The van der Waals surface area contributed by atoms with Gasteiger partial charge in [-0.3, -0.25) is 19.8 Å². The fraction of sp³-hybridized carbons (Fsp3) is 0.250. The fourth-order valence-electron chi connectivity index (χ4n) is 3.04. The number of nitrogens with zero attached hydrogens (tertiary/aromatic N) is 1. The van der Waals surface area contributed by atoms with E-state index in [0.717, 1.165) is 17.0 Å². The van der Waals surface area contributed by atoms with Crippen LogP contribution in [-0.4, -0.2) is 45.1 Å². The van der Waals surface area contributed by atoms with Crippen molar-refractivity contribution in [2.24, 2.45) is 0 Å². The minimum atomic E-state index is -0.964. The molecule has 0 radical (unpaired) electrons. The first-order valence-corrected chi connectivity index (χ1v) is 8.87. The first kappa shape index (κ1) is 21.1. The zero-order valence-electron chi connectivity index (χ0n) is 16.5. The van der Waals surface area contributed by atoms with Gasteiger partial charge in [0.2, 0.25) is 11.7 Å². The fourth-order valence-corrected chi connectivity index (χ4v) is 3.04. The van der Waals surface area contributed by atoms with Crippen molar-refractivity contribution in [2.45, 2.75) is 12.5 Å². The summed E-state index contributed by atoms with van der Waals surface area (Å²) in [6, 6.07) is 6.92. The van der Waals surface area contributed by atoms with Gasteiger partial charge in [0.15, 0.2) is 11.5 Å². The number of benzene rings is 2. The van der Waals surface area contributed by atoms with Crippen LogP contribution in [0.25, 0.3) is 0 Å². The Morgan fingerprint density at radius 1 is 1.03 bits per heavy atom. The van der Waals surface area contributed by atoms with Crippen molar-refractivity contribution in [1.29, 1.82) is 0 Å². The zero-order valence-corrected chi connectivity index (χ0v) is 16.5. The smallest absolute Gasteiger partial charge is 0.265 e. The van der Waals surface area contributed by atoms with Gasteiger partial charge in [0.05, 0.1) is 33.4 Å². The van der Waals surface area contributed by atoms with E-state index in [1.807, 2.05) is 0 Å². The normalized spacial score (nSPS) is 15.9. The molecule has 30 heavy (non-hydrogen) atoms. The molecule has 158 valence electrons. The van der Waals surface area contributed by atoms with Crippen molar-refractivity contribution < 1.29 is 33.0 Å². The summed E-state index contributed by atoms with van der Waals surface area (Å²) in [5.74, 6) is -1.17. The molecule has 0 spiro atoms. The summed E-state index contributed by atoms with van der Waals surface area (Å²) in [6.07, 6.45) is -0.161. The van der Waals surface area contributed by atoms with Crippen molar-refractivity contribution in [2.75, 3.05) is 26.2 Å². The lowest BCUT2D eigenvalue weighted by Gasteiger charge is -2.17. The van der Waals surface area contributed by atoms with Crippen molar-refractivity contribution in [1.82, 2.24) is 10.9 Å². The van der Waals surface area contributed by atoms with Crippen LogP contribution in [0.4, 0.5) is 10.1 Å². The number of anilines is 1. The summed E-state index contributed by atoms with van der Waals surface area (Å²) in [5.41, 5.74) is 5.43. The van der Waals surface area contributed by atoms with E-state index in [9.17, 15) is 18.8 Å². The molecule has 9 nitrogen and oxygen atoms in total. The maximum Gasteiger partial charge on any atom is 0.265 e. The molecule has 1 heterocycles. The Balaban J connectivity index is 1.71. The van der Waals surface area contributed by atoms with E-state index < -0.39 is 29.6 Å². The van der Waals surface area contributed by atoms with Gasteiger partial charge >= 0.3 is 0 Å². The number of amides is 3. The summed E-state index contributed by atoms with van der Waals surface area (Å²) < 4.78 is 28.7. The maximum absolute atomic E-state index is 13.1. The van der Waals surface area contributed by atoms with Crippen molar-refractivity contribution in [3.8, 4) is 17.2 Å². The Kier molecular flexibility index (Phi) is 6.17. The number of imide groups is 1. The van der Waals surface area contributed by atoms with Crippen molar-refractivity contribution >= 4 is 23.4 Å². The van der Waals surface area contributed by atoms with Crippen LogP contribution < -0.4 is 30.0 Å². The number of carbonyl (C=O) groups is 3. The number of methoxy groups -OCH3 is 3. The summed E-state index contributed by atoms with van der Waals surface area (Å²) in [5, 5.41) is 0. The molecule has 0 bridgehead atoms. The molecule has 3 amide bonds. The van der Waals surface area contributed by atoms with Crippen LogP contribution in [0.2, 0.25) is 0 Å². The Bertz CT molecular complexity index is 954. The van der Waals surface area contributed by atoms with E-state index in [2.05, 4.69) is 10.9 Å². The summed E-state index contributed by atoms with van der Waals surface area (Å²) in [7, 11) is 4.28. The van der Waals surface area contributed by atoms with Crippen LogP contribution in [0.3, 0.4) is 0 Å². The highest BCUT2D eigenvalue weighted by atomic mass is 19.1. The Labute approximate surface area is 171 Å². The monoisotopic (exact) mass is 417 g/mol. The predicted octanol–water partition coefficient (Wildman–Crippen LogP) is 1.42. The van der Waals surface area contributed by atoms with Crippen molar-refractivity contribution in [3.05, 3.63) is 47.8 Å². The molecule has 10 heteroatoms. The maximum atomic E-state index is 13.1. The van der Waals surface area contributed by atoms with Gasteiger partial charge in [-0.05, 0) is 36.4 Å². The molecule has 0 aromatic heterocycles. The molecule has 1 atom stereocenters. The highest BCUT2D eigenvalue weighted by molar-refractivity contribution is 6.22. The zero-order chi connectivity index (χ0) is 21.8. The quantitative estimate of drug-likeness (QED) is 0.518. The average molecular weight is 417 g/mol. The minimum absolute atomic E-state index is 0.161. The van der Waals surface area contributed by atoms with E-state index in [1.165, 1.54) is 45.6 Å². The third-order valence-electron chi connectivity index (χ3n) is 4.52. The number of hydrogen-bond acceptors (Lipinski definition) is 7. The Hall–Kier alpha value is -3.66. The van der Waals surface area contributed by atoms with Crippen LogP contribution in [0.1, 0.15) is 16.8 Å². The molecular formula is C20H20FN3O6. The lowest BCUT2D eigenvalue weighted by Crippen LogP contribution is -2.48. The molecule has 1 aliphatic rings. The van der Waals surface area contributed by atoms with Gasteiger partial charge in [-0.15, -0.1) is 0 Å². The molecule has 2 aromatic rings. The van der Waals surface area contributed by atoms with E-state index in [0.29, 0.717) is 5.75 Å². The van der Waals surface area contributed by atoms with Crippen LogP contribution in [0, 0.1) is 5.82 Å². The standard InChI is InChI=1S/C20H20FN3O6/c1-28-15-8-11(9-16(29-2)18(15)30-3)19(26)23-22-14-10-17(25)24(20(14)27)13-6-4-12(21)5-7-13/h4-9,14,22H,10H2,1-3H3,(H,23,26)/t14-/m1/s1. The topological polar surface area (TPSA) is 106 Å². The summed E-state index contributed by atoms with van der Waals surface area (Å²) in [6.45, 7) is 0. The van der Waals surface area contributed by atoms with E-state index >= 15 is 0 Å². The lowest BCUT2D eigenvalue weighted by atomic mass is 10.1. The molecule has 1 saturated heterocycles. The molecule has 0 unspecified atom stereocenters. The molecule has 3 rings (SSSR count). The van der Waals surface area contributed by atoms with Gasteiger partial charge in [-0.1, -0.05) is 0 Å². The Morgan fingerprint density at radius 3 is 2.17 bits per heavy atom. The second-order valence-electron chi connectivity index (χ2n) is 6.31. The van der Waals surface area contributed by atoms with Crippen LogP contribution in [-0.2, 0) is 9.59 Å². The van der Waals surface area contributed by atoms with Crippen LogP contribution in [0.5, 0.6) is 17.2 Å². The number of ether oxygens (including phenoxy) is 3. The Morgan fingerprint density at radius 2 is 1.63 bits per heavy atom. The van der Waals surface area contributed by atoms with Crippen LogP contribution in [0.15, 0.2) is 36.4 Å². The molecule has 0 aliphatic carbocycles. The minimum Gasteiger partial charge on any atom is -0.493 e. The van der Waals surface area contributed by atoms with Crippen LogP contribution >= 0.6 is 0 Å². The van der Waals surface area contributed by atoms with Gasteiger partial charge in [-0.2, -0.15) is 0 Å². The third kappa shape index (κ3) is 4.03. The van der Waals surface area contributed by atoms with Gasteiger partial charge < -0.3 is 14.2 Å². The molecular weight excluding hydrogens is 397 g/mol. The summed E-state index contributed by atoms with van der Waals surface area (Å²) in [4.78, 5) is 38.3. The third-order valence-corrected chi connectivity index (χ3v) is 4.52. The number of rotatable bonds is 7. The number of hydrogen-bond donors (Lipinski definition) is 2. The van der Waals surface area contributed by atoms with E-state index in [4.69, 9.17) is 14.2 Å². The highest BCUT2D eigenvalue weighted by Crippen LogP contribution is 2.38. The second-order valence-corrected chi connectivity index (χ2v) is 6.31. The number of nitrogens with one attached hydrogen (secondary N) is 2. The van der Waals surface area contributed by atoms with Gasteiger partial charge in [0, 0.05) is 5.56 Å². The molecule has 2 N–H and O–H groups in total. The number of halogens is 1. The van der Waals surface area contributed by atoms with Gasteiger partial charge in [-0.25, -0.2) is 14.7 Å². The predicted molar refractivity (Wildman–Crippen MR) is 104 cm³/mol. The van der Waals surface area contributed by atoms with Gasteiger partial charge in [0.25, 0.3) is 11.8 Å². The highest BCUT2D eigenvalue weighted by Gasteiger charge is 2.39. The largest absolute Gasteiger partial charge is 0.493 e. The first-order chi connectivity index (χ1) is 14.4. The SMILES string of the molecule is COc1cc(C(=O)NN[C@@H]2CC(=O)N(c3ccc(F)cc3)C2=O)cc(OC)c1OC. The number of carbonyl (C=O) groups excluding carboxylic acids is 3. The van der Waals surface area contributed by atoms with E-state index in [-0.39, 0.29) is 29.2 Å². The molecule has 1 aliphatic heterocycles. The van der Waals surface area contributed by atoms with Crippen molar-refractivity contribution in [3.63, 3.8) is 0 Å².